The maximum Gasteiger partial charge on any atom is 0.225 e. The topological polar surface area (TPSA) is 29.5 Å². The van der Waals surface area contributed by atoms with Crippen LogP contribution in [0.15, 0.2) is 24.3 Å². The lowest BCUT2D eigenvalue weighted by molar-refractivity contribution is -0.136. The van der Waals surface area contributed by atoms with Gasteiger partial charge in [-0.2, -0.15) is 0 Å². The van der Waals surface area contributed by atoms with Gasteiger partial charge in [-0.3, -0.25) is 4.79 Å². The summed E-state index contributed by atoms with van der Waals surface area (Å²) in [4.78, 5) is 14.5. The first-order valence-electron chi connectivity index (χ1n) is 7.11. The van der Waals surface area contributed by atoms with Crippen molar-refractivity contribution < 1.29 is 9.53 Å². The lowest BCUT2D eigenvalue weighted by Gasteiger charge is -2.27. The third-order valence-electron chi connectivity index (χ3n) is 4.05. The lowest BCUT2D eigenvalue weighted by atomic mass is 10.0. The van der Waals surface area contributed by atoms with Crippen molar-refractivity contribution in [1.29, 1.82) is 0 Å². The highest BCUT2D eigenvalue weighted by atomic mass is 16.5. The summed E-state index contributed by atoms with van der Waals surface area (Å²) in [6, 6.07) is 8.30. The molecule has 104 valence electrons. The van der Waals surface area contributed by atoms with Crippen LogP contribution in [0.25, 0.3) is 0 Å². The Morgan fingerprint density at radius 3 is 3.00 bits per heavy atom. The van der Waals surface area contributed by atoms with E-state index in [9.17, 15) is 4.79 Å². The molecule has 1 fully saturated rings. The van der Waals surface area contributed by atoms with E-state index in [2.05, 4.69) is 13.0 Å². The molecule has 0 saturated carbocycles. The van der Waals surface area contributed by atoms with Crippen molar-refractivity contribution in [2.24, 2.45) is 5.92 Å². The molecule has 1 amide bonds. The molecule has 1 heterocycles. The van der Waals surface area contributed by atoms with Gasteiger partial charge in [-0.1, -0.05) is 26.0 Å². The van der Waals surface area contributed by atoms with Gasteiger partial charge in [0.05, 0.1) is 13.2 Å². The SMILES string of the molecule is CC[C@H](C)C(=O)N1CCC[C@@H]1c1cccc(OC)c1. The summed E-state index contributed by atoms with van der Waals surface area (Å²) in [7, 11) is 1.68. The highest BCUT2D eigenvalue weighted by Crippen LogP contribution is 2.34. The lowest BCUT2D eigenvalue weighted by Crippen LogP contribution is -2.34. The van der Waals surface area contributed by atoms with Crippen LogP contribution < -0.4 is 4.74 Å². The molecule has 1 aliphatic rings. The highest BCUT2D eigenvalue weighted by Gasteiger charge is 2.31. The molecule has 1 aromatic rings. The molecule has 0 aliphatic carbocycles. The quantitative estimate of drug-likeness (QED) is 0.831. The Kier molecular flexibility index (Phi) is 4.46. The molecular formula is C16H23NO2. The van der Waals surface area contributed by atoms with Crippen LogP contribution >= 0.6 is 0 Å². The molecule has 1 saturated heterocycles. The molecule has 2 rings (SSSR count). The zero-order valence-electron chi connectivity index (χ0n) is 12.1. The van der Waals surface area contributed by atoms with Crippen molar-refractivity contribution in [3.8, 4) is 5.75 Å². The molecule has 19 heavy (non-hydrogen) atoms. The molecule has 0 spiro atoms. The average Bonchev–Trinajstić information content (AvgIpc) is 2.95. The number of amides is 1. The Morgan fingerprint density at radius 1 is 1.53 bits per heavy atom. The predicted octanol–water partition coefficient (Wildman–Crippen LogP) is 3.40. The van der Waals surface area contributed by atoms with Crippen LogP contribution in [-0.2, 0) is 4.79 Å². The summed E-state index contributed by atoms with van der Waals surface area (Å²) >= 11 is 0. The first-order valence-corrected chi connectivity index (χ1v) is 7.11. The second kappa shape index (κ2) is 6.09. The van der Waals surface area contributed by atoms with Crippen LogP contribution in [0, 0.1) is 5.92 Å². The van der Waals surface area contributed by atoms with Crippen molar-refractivity contribution in [3.63, 3.8) is 0 Å². The fraction of sp³-hybridized carbons (Fsp3) is 0.562. The predicted molar refractivity (Wildman–Crippen MR) is 76.1 cm³/mol. The standard InChI is InChI=1S/C16H23NO2/c1-4-12(2)16(18)17-10-6-9-15(17)13-7-5-8-14(11-13)19-3/h5,7-8,11-12,15H,4,6,9-10H2,1-3H3/t12-,15+/m0/s1. The van der Waals surface area contributed by atoms with E-state index >= 15 is 0 Å². The normalized spacial score (nSPS) is 20.4. The van der Waals surface area contributed by atoms with E-state index in [1.165, 1.54) is 5.56 Å². The number of carbonyl (C=O) groups excluding carboxylic acids is 1. The minimum Gasteiger partial charge on any atom is -0.497 e. The van der Waals surface area contributed by atoms with Crippen LogP contribution in [0.4, 0.5) is 0 Å². The van der Waals surface area contributed by atoms with Gasteiger partial charge in [0, 0.05) is 12.5 Å². The van der Waals surface area contributed by atoms with Crippen molar-refractivity contribution >= 4 is 5.91 Å². The minimum atomic E-state index is 0.117. The van der Waals surface area contributed by atoms with Gasteiger partial charge in [0.2, 0.25) is 5.91 Å². The molecule has 0 unspecified atom stereocenters. The Labute approximate surface area is 115 Å². The van der Waals surface area contributed by atoms with Gasteiger partial charge < -0.3 is 9.64 Å². The maximum absolute atomic E-state index is 12.4. The molecule has 0 N–H and O–H groups in total. The van der Waals surface area contributed by atoms with E-state index in [0.29, 0.717) is 0 Å². The van der Waals surface area contributed by atoms with Crippen molar-refractivity contribution in [3.05, 3.63) is 29.8 Å². The smallest absolute Gasteiger partial charge is 0.225 e. The number of methoxy groups -OCH3 is 1. The van der Waals surface area contributed by atoms with Crippen molar-refractivity contribution in [2.45, 2.75) is 39.2 Å². The third-order valence-corrected chi connectivity index (χ3v) is 4.05. The zero-order chi connectivity index (χ0) is 13.8. The van der Waals surface area contributed by atoms with Crippen molar-refractivity contribution in [1.82, 2.24) is 4.90 Å². The van der Waals surface area contributed by atoms with Gasteiger partial charge in [0.1, 0.15) is 5.75 Å². The van der Waals surface area contributed by atoms with Gasteiger partial charge in [-0.25, -0.2) is 0 Å². The largest absolute Gasteiger partial charge is 0.497 e. The van der Waals surface area contributed by atoms with E-state index in [1.807, 2.05) is 30.0 Å². The summed E-state index contributed by atoms with van der Waals surface area (Å²) < 4.78 is 5.28. The van der Waals surface area contributed by atoms with Gasteiger partial charge in [0.15, 0.2) is 0 Å². The molecule has 0 aromatic heterocycles. The average molecular weight is 261 g/mol. The molecule has 3 nitrogen and oxygen atoms in total. The van der Waals surface area contributed by atoms with Gasteiger partial charge in [-0.15, -0.1) is 0 Å². The third kappa shape index (κ3) is 2.91. The van der Waals surface area contributed by atoms with E-state index < -0.39 is 0 Å². The van der Waals surface area contributed by atoms with Crippen LogP contribution in [0.5, 0.6) is 5.75 Å². The number of hydrogen-bond donors (Lipinski definition) is 0. The molecule has 3 heteroatoms. The van der Waals surface area contributed by atoms with Gasteiger partial charge >= 0.3 is 0 Å². The van der Waals surface area contributed by atoms with Crippen molar-refractivity contribution in [2.75, 3.05) is 13.7 Å². The van der Waals surface area contributed by atoms with Crippen LogP contribution in [0.2, 0.25) is 0 Å². The summed E-state index contributed by atoms with van der Waals surface area (Å²) in [5.74, 6) is 1.26. The molecule has 0 radical (unpaired) electrons. The number of benzene rings is 1. The van der Waals surface area contributed by atoms with E-state index in [-0.39, 0.29) is 17.9 Å². The first kappa shape index (κ1) is 13.9. The second-order valence-corrected chi connectivity index (χ2v) is 5.28. The van der Waals surface area contributed by atoms with Gasteiger partial charge in [0.25, 0.3) is 0 Å². The van der Waals surface area contributed by atoms with Crippen LogP contribution in [0.3, 0.4) is 0 Å². The Balaban J connectivity index is 2.20. The van der Waals surface area contributed by atoms with Crippen LogP contribution in [0.1, 0.15) is 44.7 Å². The Morgan fingerprint density at radius 2 is 2.32 bits per heavy atom. The van der Waals surface area contributed by atoms with E-state index in [1.54, 1.807) is 7.11 Å². The number of carbonyl (C=O) groups is 1. The Hall–Kier alpha value is -1.51. The number of hydrogen-bond acceptors (Lipinski definition) is 2. The second-order valence-electron chi connectivity index (χ2n) is 5.28. The summed E-state index contributed by atoms with van der Waals surface area (Å²) in [6.45, 7) is 4.97. The first-order chi connectivity index (χ1) is 9.17. The fourth-order valence-corrected chi connectivity index (χ4v) is 2.68. The number of likely N-dealkylation sites (tertiary alicyclic amines) is 1. The zero-order valence-corrected chi connectivity index (χ0v) is 12.1. The highest BCUT2D eigenvalue weighted by molar-refractivity contribution is 5.79. The van der Waals surface area contributed by atoms with E-state index in [0.717, 1.165) is 31.6 Å². The molecular weight excluding hydrogens is 238 g/mol. The Bertz CT molecular complexity index is 444. The van der Waals surface area contributed by atoms with E-state index in [4.69, 9.17) is 4.74 Å². The van der Waals surface area contributed by atoms with Gasteiger partial charge in [-0.05, 0) is 37.0 Å². The summed E-state index contributed by atoms with van der Waals surface area (Å²) in [5, 5.41) is 0. The summed E-state index contributed by atoms with van der Waals surface area (Å²) in [5.41, 5.74) is 1.19. The molecule has 0 bridgehead atoms. The fourth-order valence-electron chi connectivity index (χ4n) is 2.68. The number of nitrogens with zero attached hydrogens (tertiary/aromatic N) is 1. The summed E-state index contributed by atoms with van der Waals surface area (Å²) in [6.07, 6.45) is 3.04. The van der Waals surface area contributed by atoms with Crippen LogP contribution in [-0.4, -0.2) is 24.5 Å². The number of rotatable bonds is 4. The minimum absolute atomic E-state index is 0.117. The monoisotopic (exact) mass is 261 g/mol. The molecule has 2 atom stereocenters. The number of ether oxygens (including phenoxy) is 1. The molecule has 1 aliphatic heterocycles. The molecule has 1 aromatic carbocycles. The maximum atomic E-state index is 12.4.